The van der Waals surface area contributed by atoms with Gasteiger partial charge >= 0.3 is 0 Å². The monoisotopic (exact) mass is 265 g/mol. The molecule has 0 atom stereocenters. The second-order valence-corrected chi connectivity index (χ2v) is 4.57. The van der Waals surface area contributed by atoms with Crippen molar-refractivity contribution in [3.63, 3.8) is 0 Å². The van der Waals surface area contributed by atoms with Crippen molar-refractivity contribution in [1.82, 2.24) is 20.2 Å². The Labute approximate surface area is 117 Å². The third kappa shape index (κ3) is 2.83. The van der Waals surface area contributed by atoms with Crippen LogP contribution in [0.25, 0.3) is 11.4 Å². The van der Waals surface area contributed by atoms with Crippen LogP contribution in [-0.4, -0.2) is 20.2 Å². The summed E-state index contributed by atoms with van der Waals surface area (Å²) in [6.45, 7) is 0.698. The zero-order valence-electron chi connectivity index (χ0n) is 11.0. The van der Waals surface area contributed by atoms with Gasteiger partial charge in [-0.15, -0.1) is 10.2 Å². The standard InChI is InChI=1S/C15H15N5/c16-14-8-6-12(7-9-14)10-11-20-18-15(17-19-20)13-4-2-1-3-5-13/h1-9H,10-11,16H2. The van der Waals surface area contributed by atoms with E-state index in [1.807, 2.05) is 54.6 Å². The van der Waals surface area contributed by atoms with Gasteiger partial charge in [0.2, 0.25) is 5.82 Å². The molecule has 1 aromatic heterocycles. The van der Waals surface area contributed by atoms with Gasteiger partial charge in [0.25, 0.3) is 0 Å². The van der Waals surface area contributed by atoms with Gasteiger partial charge in [-0.1, -0.05) is 42.5 Å². The molecule has 0 aliphatic rings. The first-order chi connectivity index (χ1) is 9.81. The molecule has 0 spiro atoms. The number of nitrogens with two attached hydrogens (primary N) is 1. The van der Waals surface area contributed by atoms with E-state index in [2.05, 4.69) is 15.4 Å². The average molecular weight is 265 g/mol. The molecule has 1 heterocycles. The molecule has 100 valence electrons. The number of hydrogen-bond donors (Lipinski definition) is 1. The summed E-state index contributed by atoms with van der Waals surface area (Å²) in [4.78, 5) is 1.62. The van der Waals surface area contributed by atoms with Gasteiger partial charge in [-0.25, -0.2) is 0 Å². The lowest BCUT2D eigenvalue weighted by Crippen LogP contribution is -2.05. The van der Waals surface area contributed by atoms with Crippen LogP contribution in [0.3, 0.4) is 0 Å². The van der Waals surface area contributed by atoms with Crippen molar-refractivity contribution >= 4 is 5.69 Å². The topological polar surface area (TPSA) is 69.6 Å². The molecule has 0 aliphatic carbocycles. The molecule has 5 heteroatoms. The van der Waals surface area contributed by atoms with Gasteiger partial charge in [0.05, 0.1) is 6.54 Å². The fraction of sp³-hybridized carbons (Fsp3) is 0.133. The van der Waals surface area contributed by atoms with Gasteiger partial charge < -0.3 is 5.73 Å². The van der Waals surface area contributed by atoms with Crippen LogP contribution in [0.15, 0.2) is 54.6 Å². The minimum absolute atomic E-state index is 0.655. The summed E-state index contributed by atoms with van der Waals surface area (Å²) in [6, 6.07) is 17.7. The lowest BCUT2D eigenvalue weighted by molar-refractivity contribution is 0.523. The van der Waals surface area contributed by atoms with Crippen molar-refractivity contribution < 1.29 is 0 Å². The fourth-order valence-electron chi connectivity index (χ4n) is 1.95. The Balaban J connectivity index is 1.67. The van der Waals surface area contributed by atoms with Gasteiger partial charge in [0, 0.05) is 11.3 Å². The maximum Gasteiger partial charge on any atom is 0.204 e. The first-order valence-electron chi connectivity index (χ1n) is 6.49. The number of nitrogens with zero attached hydrogens (tertiary/aromatic N) is 4. The highest BCUT2D eigenvalue weighted by molar-refractivity contribution is 5.52. The minimum Gasteiger partial charge on any atom is -0.399 e. The van der Waals surface area contributed by atoms with E-state index in [0.717, 1.165) is 17.7 Å². The molecule has 0 aliphatic heterocycles. The van der Waals surface area contributed by atoms with Crippen LogP contribution in [0.5, 0.6) is 0 Å². The Morgan fingerprint density at radius 3 is 2.45 bits per heavy atom. The number of anilines is 1. The maximum atomic E-state index is 5.66. The van der Waals surface area contributed by atoms with E-state index in [4.69, 9.17) is 5.73 Å². The first kappa shape index (κ1) is 12.3. The molecule has 3 rings (SSSR count). The molecule has 0 fully saturated rings. The number of benzene rings is 2. The van der Waals surface area contributed by atoms with Crippen molar-refractivity contribution in [2.45, 2.75) is 13.0 Å². The average Bonchev–Trinajstić information content (AvgIpc) is 2.97. The number of aryl methyl sites for hydroxylation is 2. The zero-order chi connectivity index (χ0) is 13.8. The van der Waals surface area contributed by atoms with E-state index in [1.165, 1.54) is 5.56 Å². The third-order valence-electron chi connectivity index (χ3n) is 3.07. The summed E-state index contributed by atoms with van der Waals surface area (Å²) in [5.74, 6) is 0.655. The SMILES string of the molecule is Nc1ccc(CCn2nnc(-c3ccccc3)n2)cc1. The smallest absolute Gasteiger partial charge is 0.204 e. The van der Waals surface area contributed by atoms with E-state index in [0.29, 0.717) is 12.4 Å². The van der Waals surface area contributed by atoms with Crippen molar-refractivity contribution in [3.8, 4) is 11.4 Å². The Morgan fingerprint density at radius 1 is 0.950 bits per heavy atom. The molecule has 2 N–H and O–H groups in total. The zero-order valence-corrected chi connectivity index (χ0v) is 11.0. The summed E-state index contributed by atoms with van der Waals surface area (Å²) in [5.41, 5.74) is 8.62. The van der Waals surface area contributed by atoms with Crippen molar-refractivity contribution in [2.75, 3.05) is 5.73 Å². The van der Waals surface area contributed by atoms with Crippen molar-refractivity contribution in [1.29, 1.82) is 0 Å². The number of tetrazole rings is 1. The molecule has 3 aromatic rings. The van der Waals surface area contributed by atoms with Crippen LogP contribution in [0.1, 0.15) is 5.56 Å². The number of hydrogen-bond acceptors (Lipinski definition) is 4. The van der Waals surface area contributed by atoms with Crippen LogP contribution in [0.2, 0.25) is 0 Å². The van der Waals surface area contributed by atoms with Crippen LogP contribution in [-0.2, 0) is 13.0 Å². The summed E-state index contributed by atoms with van der Waals surface area (Å²) in [6.07, 6.45) is 0.852. The highest BCUT2D eigenvalue weighted by atomic mass is 15.6. The van der Waals surface area contributed by atoms with Crippen LogP contribution in [0.4, 0.5) is 5.69 Å². The Bertz CT molecular complexity index is 673. The molecule has 0 amide bonds. The largest absolute Gasteiger partial charge is 0.399 e. The second-order valence-electron chi connectivity index (χ2n) is 4.57. The predicted molar refractivity (Wildman–Crippen MR) is 77.8 cm³/mol. The molecule has 0 unspecified atom stereocenters. The Morgan fingerprint density at radius 2 is 1.70 bits per heavy atom. The summed E-state index contributed by atoms with van der Waals surface area (Å²) in [7, 11) is 0. The van der Waals surface area contributed by atoms with Crippen molar-refractivity contribution in [3.05, 3.63) is 60.2 Å². The lowest BCUT2D eigenvalue weighted by Gasteiger charge is -2.00. The van der Waals surface area contributed by atoms with E-state index < -0.39 is 0 Å². The van der Waals surface area contributed by atoms with Gasteiger partial charge in [0.1, 0.15) is 0 Å². The Hall–Kier alpha value is -2.69. The molecule has 0 bridgehead atoms. The van der Waals surface area contributed by atoms with Gasteiger partial charge in [-0.2, -0.15) is 4.80 Å². The molecule has 0 saturated heterocycles. The number of aromatic nitrogens is 4. The maximum absolute atomic E-state index is 5.66. The third-order valence-corrected chi connectivity index (χ3v) is 3.07. The normalized spacial score (nSPS) is 10.6. The fourth-order valence-corrected chi connectivity index (χ4v) is 1.95. The van der Waals surface area contributed by atoms with E-state index >= 15 is 0 Å². The highest BCUT2D eigenvalue weighted by Crippen LogP contribution is 2.12. The first-order valence-corrected chi connectivity index (χ1v) is 6.49. The van der Waals surface area contributed by atoms with Crippen molar-refractivity contribution in [2.24, 2.45) is 0 Å². The molecule has 0 radical (unpaired) electrons. The van der Waals surface area contributed by atoms with Crippen LogP contribution >= 0.6 is 0 Å². The summed E-state index contributed by atoms with van der Waals surface area (Å²) < 4.78 is 0. The molecule has 20 heavy (non-hydrogen) atoms. The minimum atomic E-state index is 0.655. The predicted octanol–water partition coefficient (Wildman–Crippen LogP) is 2.17. The number of rotatable bonds is 4. The van der Waals surface area contributed by atoms with Gasteiger partial charge in [-0.05, 0) is 29.3 Å². The van der Waals surface area contributed by atoms with Crippen LogP contribution < -0.4 is 5.73 Å². The second kappa shape index (κ2) is 5.52. The lowest BCUT2D eigenvalue weighted by atomic mass is 10.1. The van der Waals surface area contributed by atoms with E-state index in [-0.39, 0.29) is 0 Å². The molecular formula is C15H15N5. The molecule has 0 saturated carbocycles. The molecule has 5 nitrogen and oxygen atoms in total. The molecular weight excluding hydrogens is 250 g/mol. The molecule has 2 aromatic carbocycles. The van der Waals surface area contributed by atoms with E-state index in [9.17, 15) is 0 Å². The Kier molecular flexibility index (Phi) is 3.41. The number of nitrogen functional groups attached to an aromatic ring is 1. The van der Waals surface area contributed by atoms with Gasteiger partial charge in [-0.3, -0.25) is 0 Å². The highest BCUT2D eigenvalue weighted by Gasteiger charge is 2.05. The van der Waals surface area contributed by atoms with Gasteiger partial charge in [0.15, 0.2) is 0 Å². The van der Waals surface area contributed by atoms with Crippen LogP contribution in [0, 0.1) is 0 Å². The summed E-state index contributed by atoms with van der Waals surface area (Å²) in [5, 5.41) is 12.5. The van der Waals surface area contributed by atoms with E-state index in [1.54, 1.807) is 4.80 Å². The summed E-state index contributed by atoms with van der Waals surface area (Å²) >= 11 is 0. The quantitative estimate of drug-likeness (QED) is 0.734.